The third kappa shape index (κ3) is 4.49. The topological polar surface area (TPSA) is 149 Å². The van der Waals surface area contributed by atoms with E-state index in [0.29, 0.717) is 6.42 Å². The summed E-state index contributed by atoms with van der Waals surface area (Å²) in [5.74, 6) is -4.12. The smallest absolute Gasteiger partial charge is 0.343 e. The van der Waals surface area contributed by atoms with E-state index in [-0.39, 0.29) is 41.9 Å². The second-order valence-corrected chi connectivity index (χ2v) is 8.71. The maximum Gasteiger partial charge on any atom is 0.343 e. The highest BCUT2D eigenvalue weighted by molar-refractivity contribution is 5.96. The lowest BCUT2D eigenvalue weighted by atomic mass is 9.82. The van der Waals surface area contributed by atoms with E-state index in [4.69, 9.17) is 24.1 Å². The monoisotopic (exact) mass is 452 g/mol. The maximum absolute atomic E-state index is 12.6. The Morgan fingerprint density at radius 2 is 1.94 bits per heavy atom. The number of aliphatic hydroxyl groups is 3. The standard InChI is InChI=1S/C22H28O10/c1-12(5-8-23)18(25)30-16-10-21(4,27)22(28)7-6-20(3,32-22)9-15-17(16)14(19(26)31-15)11-29-13(2)24/h5,9,16,23,27-28H,6-8,10-11H2,1-4H3. The third-order valence-electron chi connectivity index (χ3n) is 5.97. The minimum Gasteiger partial charge on any atom is -0.461 e. The highest BCUT2D eigenvalue weighted by atomic mass is 16.7. The first-order chi connectivity index (χ1) is 14.8. The SMILES string of the molecule is CC(=O)OCC1=C2C(=CC3(C)CCC(O)(O3)C(C)(O)CC2OC(=O)C(C)=CCO)OC1=O. The summed E-state index contributed by atoms with van der Waals surface area (Å²) in [6.07, 6.45) is 1.57. The van der Waals surface area contributed by atoms with Gasteiger partial charge in [0.25, 0.3) is 0 Å². The van der Waals surface area contributed by atoms with Crippen molar-refractivity contribution in [1.29, 1.82) is 0 Å². The van der Waals surface area contributed by atoms with Gasteiger partial charge in [0.2, 0.25) is 0 Å². The largest absolute Gasteiger partial charge is 0.461 e. The van der Waals surface area contributed by atoms with Crippen LogP contribution in [0.15, 0.2) is 34.6 Å². The van der Waals surface area contributed by atoms with Crippen LogP contribution < -0.4 is 0 Å². The molecule has 0 aromatic heterocycles. The number of hydrogen-bond donors (Lipinski definition) is 3. The molecule has 3 N–H and O–H groups in total. The van der Waals surface area contributed by atoms with Gasteiger partial charge in [-0.25, -0.2) is 9.59 Å². The predicted octanol–water partition coefficient (Wildman–Crippen LogP) is 0.550. The fraction of sp³-hybridized carbons (Fsp3) is 0.591. The Balaban J connectivity index is 2.15. The normalized spacial score (nSPS) is 34.7. The molecule has 0 spiro atoms. The number of carbonyl (C=O) groups excluding carboxylic acids is 3. The number of ether oxygens (including phenoxy) is 4. The van der Waals surface area contributed by atoms with Crippen molar-refractivity contribution in [2.45, 2.75) is 70.1 Å². The van der Waals surface area contributed by atoms with Crippen molar-refractivity contribution in [3.05, 3.63) is 34.6 Å². The van der Waals surface area contributed by atoms with E-state index in [1.54, 1.807) is 6.92 Å². The van der Waals surface area contributed by atoms with Crippen molar-refractivity contribution in [3.63, 3.8) is 0 Å². The summed E-state index contributed by atoms with van der Waals surface area (Å²) in [6, 6.07) is 0. The maximum atomic E-state index is 12.6. The van der Waals surface area contributed by atoms with Gasteiger partial charge >= 0.3 is 17.9 Å². The molecule has 3 rings (SSSR count). The molecule has 10 nitrogen and oxygen atoms in total. The Labute approximate surface area is 185 Å². The van der Waals surface area contributed by atoms with E-state index in [0.717, 1.165) is 0 Å². The lowest BCUT2D eigenvalue weighted by molar-refractivity contribution is -0.298. The van der Waals surface area contributed by atoms with E-state index in [1.807, 2.05) is 0 Å². The molecule has 0 aromatic rings. The third-order valence-corrected chi connectivity index (χ3v) is 5.97. The molecule has 176 valence electrons. The van der Waals surface area contributed by atoms with Gasteiger partial charge in [-0.05, 0) is 39.3 Å². The molecular weight excluding hydrogens is 424 g/mol. The lowest BCUT2D eigenvalue weighted by Gasteiger charge is -2.40. The van der Waals surface area contributed by atoms with Gasteiger partial charge < -0.3 is 34.3 Å². The number of fused-ring (bicyclic) bond motifs is 3. The molecule has 2 bridgehead atoms. The van der Waals surface area contributed by atoms with Gasteiger partial charge in [0, 0.05) is 30.9 Å². The Bertz CT molecular complexity index is 927. The second-order valence-electron chi connectivity index (χ2n) is 8.71. The summed E-state index contributed by atoms with van der Waals surface area (Å²) in [5.41, 5.74) is -2.78. The van der Waals surface area contributed by atoms with Gasteiger partial charge in [0.05, 0.1) is 17.8 Å². The van der Waals surface area contributed by atoms with Gasteiger partial charge in [0.1, 0.15) is 24.1 Å². The van der Waals surface area contributed by atoms with Crippen molar-refractivity contribution in [2.24, 2.45) is 0 Å². The minimum atomic E-state index is -1.95. The number of carbonyl (C=O) groups is 3. The van der Waals surface area contributed by atoms with Crippen LogP contribution in [-0.4, -0.2) is 69.5 Å². The first-order valence-corrected chi connectivity index (χ1v) is 10.3. The minimum absolute atomic E-state index is 0.0443. The summed E-state index contributed by atoms with van der Waals surface area (Å²) < 4.78 is 21.8. The molecule has 0 amide bonds. The van der Waals surface area contributed by atoms with Crippen molar-refractivity contribution >= 4 is 17.9 Å². The highest BCUT2D eigenvalue weighted by Crippen LogP contribution is 2.49. The molecule has 10 heteroatoms. The van der Waals surface area contributed by atoms with Gasteiger partial charge in [0.15, 0.2) is 5.79 Å². The lowest BCUT2D eigenvalue weighted by Crippen LogP contribution is -2.54. The van der Waals surface area contributed by atoms with Crippen molar-refractivity contribution in [2.75, 3.05) is 13.2 Å². The van der Waals surface area contributed by atoms with E-state index in [2.05, 4.69) is 0 Å². The summed E-state index contributed by atoms with van der Waals surface area (Å²) in [6.45, 7) is 4.83. The van der Waals surface area contributed by atoms with Crippen LogP contribution in [0.25, 0.3) is 0 Å². The second kappa shape index (κ2) is 8.43. The first kappa shape index (κ1) is 24.1. The first-order valence-electron chi connectivity index (χ1n) is 10.3. The zero-order chi connectivity index (χ0) is 23.9. The van der Waals surface area contributed by atoms with E-state index in [9.17, 15) is 24.6 Å². The Morgan fingerprint density at radius 3 is 2.56 bits per heavy atom. The van der Waals surface area contributed by atoms with Crippen molar-refractivity contribution in [1.82, 2.24) is 0 Å². The van der Waals surface area contributed by atoms with E-state index in [1.165, 1.54) is 32.9 Å². The number of hydrogen-bond acceptors (Lipinski definition) is 10. The summed E-state index contributed by atoms with van der Waals surface area (Å²) in [5, 5.41) is 31.3. The Hall–Kier alpha value is -2.53. The zero-order valence-corrected chi connectivity index (χ0v) is 18.5. The van der Waals surface area contributed by atoms with Crippen molar-refractivity contribution in [3.8, 4) is 0 Å². The summed E-state index contributed by atoms with van der Waals surface area (Å²) in [4.78, 5) is 36.6. The molecule has 3 aliphatic rings. The van der Waals surface area contributed by atoms with E-state index >= 15 is 0 Å². The molecule has 0 aromatic carbocycles. The summed E-state index contributed by atoms with van der Waals surface area (Å²) in [7, 11) is 0. The fourth-order valence-corrected chi connectivity index (χ4v) is 4.07. The van der Waals surface area contributed by atoms with Crippen LogP contribution in [0, 0.1) is 0 Å². The van der Waals surface area contributed by atoms with Crippen LogP contribution in [0.1, 0.15) is 47.0 Å². The molecule has 3 aliphatic heterocycles. The number of aliphatic hydroxyl groups excluding tert-OH is 1. The zero-order valence-electron chi connectivity index (χ0n) is 18.5. The molecule has 0 radical (unpaired) electrons. The Kier molecular flexibility index (Phi) is 6.36. The molecule has 1 fully saturated rings. The highest BCUT2D eigenvalue weighted by Gasteiger charge is 2.58. The molecule has 0 aliphatic carbocycles. The summed E-state index contributed by atoms with van der Waals surface area (Å²) >= 11 is 0. The van der Waals surface area contributed by atoms with Gasteiger partial charge in [-0.15, -0.1) is 0 Å². The van der Waals surface area contributed by atoms with Crippen LogP contribution in [0.2, 0.25) is 0 Å². The molecule has 1 saturated heterocycles. The number of esters is 3. The molecule has 3 heterocycles. The van der Waals surface area contributed by atoms with Crippen LogP contribution >= 0.6 is 0 Å². The molecular formula is C22H28O10. The van der Waals surface area contributed by atoms with Gasteiger partial charge in [-0.1, -0.05) is 0 Å². The fourth-order valence-electron chi connectivity index (χ4n) is 4.07. The average Bonchev–Trinajstić information content (AvgIpc) is 3.15. The Morgan fingerprint density at radius 1 is 1.25 bits per heavy atom. The van der Waals surface area contributed by atoms with Crippen LogP contribution in [0.3, 0.4) is 0 Å². The van der Waals surface area contributed by atoms with Crippen LogP contribution in [0.4, 0.5) is 0 Å². The van der Waals surface area contributed by atoms with Crippen LogP contribution in [-0.2, 0) is 33.3 Å². The van der Waals surface area contributed by atoms with E-state index < -0.39 is 47.6 Å². The molecule has 4 unspecified atom stereocenters. The van der Waals surface area contributed by atoms with Gasteiger partial charge in [-0.2, -0.15) is 0 Å². The molecule has 0 saturated carbocycles. The predicted molar refractivity (Wildman–Crippen MR) is 107 cm³/mol. The molecule has 4 atom stereocenters. The number of rotatable bonds is 5. The van der Waals surface area contributed by atoms with Crippen LogP contribution in [0.5, 0.6) is 0 Å². The quantitative estimate of drug-likeness (QED) is 0.307. The molecule has 32 heavy (non-hydrogen) atoms. The average molecular weight is 452 g/mol. The van der Waals surface area contributed by atoms with Crippen molar-refractivity contribution < 1.29 is 48.7 Å². The van der Waals surface area contributed by atoms with Gasteiger partial charge in [-0.3, -0.25) is 4.79 Å².